The minimum absolute atomic E-state index is 0.0554. The summed E-state index contributed by atoms with van der Waals surface area (Å²) in [7, 11) is 0. The van der Waals surface area contributed by atoms with Crippen molar-refractivity contribution < 1.29 is 14.3 Å². The zero-order chi connectivity index (χ0) is 12.4. The molecule has 0 N–H and O–H groups in total. The van der Waals surface area contributed by atoms with Crippen molar-refractivity contribution in [3.8, 4) is 0 Å². The quantitative estimate of drug-likeness (QED) is 0.220. The van der Waals surface area contributed by atoms with Crippen LogP contribution in [0.15, 0.2) is 16.8 Å². The summed E-state index contributed by atoms with van der Waals surface area (Å²) in [6.45, 7) is 5.59. The zero-order valence-electron chi connectivity index (χ0n) is 10.2. The predicted octanol–water partition coefficient (Wildman–Crippen LogP) is 2.74. The van der Waals surface area contributed by atoms with Gasteiger partial charge in [0.05, 0.1) is 6.10 Å². The Labute approximate surface area is 96.4 Å². The summed E-state index contributed by atoms with van der Waals surface area (Å²) < 4.78 is 4.94. The summed E-state index contributed by atoms with van der Waals surface area (Å²) in [6.07, 6.45) is 6.68. The highest BCUT2D eigenvalue weighted by molar-refractivity contribution is 5.89. The molecular weight excluding hydrogens is 206 g/mol. The fraction of sp³-hybridized carbons (Fsp3) is 0.667. The molecule has 0 unspecified atom stereocenters. The van der Waals surface area contributed by atoms with E-state index in [1.54, 1.807) is 19.9 Å². The summed E-state index contributed by atoms with van der Waals surface area (Å²) in [5.74, 6) is -0.560. The number of nitrogens with zero attached hydrogens (tertiary/aromatic N) is 1. The molecule has 0 aromatic heterocycles. The van der Waals surface area contributed by atoms with Gasteiger partial charge in [0.15, 0.2) is 5.70 Å². The lowest BCUT2D eigenvalue weighted by Gasteiger charge is -2.06. The van der Waals surface area contributed by atoms with Crippen LogP contribution in [0.2, 0.25) is 0 Å². The predicted molar refractivity (Wildman–Crippen MR) is 61.6 cm³/mol. The van der Waals surface area contributed by atoms with E-state index in [1.807, 2.05) is 0 Å². The second kappa shape index (κ2) is 8.86. The molecule has 0 aliphatic rings. The van der Waals surface area contributed by atoms with Crippen LogP contribution in [-0.4, -0.2) is 18.2 Å². The molecule has 0 atom stereocenters. The zero-order valence-corrected chi connectivity index (χ0v) is 10.2. The number of esters is 1. The first-order valence-corrected chi connectivity index (χ1v) is 5.60. The highest BCUT2D eigenvalue weighted by Gasteiger charge is 2.11. The molecule has 90 valence electrons. The van der Waals surface area contributed by atoms with Crippen molar-refractivity contribution in [2.75, 3.05) is 0 Å². The van der Waals surface area contributed by atoms with Crippen LogP contribution < -0.4 is 0 Å². The molecular formula is C12H19NO3. The van der Waals surface area contributed by atoms with Crippen LogP contribution in [-0.2, 0) is 14.3 Å². The maximum Gasteiger partial charge on any atom is 0.357 e. The lowest BCUT2D eigenvalue weighted by Crippen LogP contribution is -2.12. The number of unbranched alkanes of at least 4 members (excludes halogenated alkanes) is 3. The van der Waals surface area contributed by atoms with Gasteiger partial charge in [-0.25, -0.2) is 9.59 Å². The van der Waals surface area contributed by atoms with Gasteiger partial charge in [-0.15, -0.1) is 0 Å². The van der Waals surface area contributed by atoms with Gasteiger partial charge in [-0.1, -0.05) is 25.8 Å². The summed E-state index contributed by atoms with van der Waals surface area (Å²) >= 11 is 0. The first kappa shape index (κ1) is 14.6. The molecule has 0 rings (SSSR count). The largest absolute Gasteiger partial charge is 0.458 e. The van der Waals surface area contributed by atoms with Gasteiger partial charge in [0.2, 0.25) is 6.08 Å². The van der Waals surface area contributed by atoms with Gasteiger partial charge in [0.1, 0.15) is 0 Å². The third kappa shape index (κ3) is 6.96. The Morgan fingerprint density at radius 1 is 1.44 bits per heavy atom. The molecule has 0 radical (unpaired) electrons. The number of isocyanates is 1. The van der Waals surface area contributed by atoms with Gasteiger partial charge < -0.3 is 4.74 Å². The van der Waals surface area contributed by atoms with Crippen molar-refractivity contribution in [1.82, 2.24) is 0 Å². The maximum absolute atomic E-state index is 11.4. The molecule has 0 saturated heterocycles. The number of ether oxygens (including phenoxy) is 1. The Kier molecular flexibility index (Phi) is 8.08. The maximum atomic E-state index is 11.4. The number of hydrogen-bond donors (Lipinski definition) is 0. The van der Waals surface area contributed by atoms with Gasteiger partial charge in [-0.3, -0.25) is 0 Å². The molecule has 0 heterocycles. The van der Waals surface area contributed by atoms with E-state index < -0.39 is 5.97 Å². The Morgan fingerprint density at radius 2 is 2.12 bits per heavy atom. The average molecular weight is 225 g/mol. The van der Waals surface area contributed by atoms with Crippen LogP contribution in [0.4, 0.5) is 0 Å². The highest BCUT2D eigenvalue weighted by Crippen LogP contribution is 2.07. The molecule has 0 aromatic carbocycles. The van der Waals surface area contributed by atoms with Crippen LogP contribution >= 0.6 is 0 Å². The second-order valence-electron chi connectivity index (χ2n) is 3.74. The minimum atomic E-state index is -0.560. The topological polar surface area (TPSA) is 55.7 Å². The summed E-state index contributed by atoms with van der Waals surface area (Å²) in [4.78, 5) is 25.0. The second-order valence-corrected chi connectivity index (χ2v) is 3.74. The number of aliphatic imine (C=N–C) groups is 1. The summed E-state index contributed by atoms with van der Waals surface area (Å²) in [6, 6.07) is 0. The third-order valence-corrected chi connectivity index (χ3v) is 1.86. The molecule has 4 nitrogen and oxygen atoms in total. The van der Waals surface area contributed by atoms with Crippen molar-refractivity contribution >= 4 is 12.0 Å². The molecule has 0 spiro atoms. The number of hydrogen-bond acceptors (Lipinski definition) is 4. The van der Waals surface area contributed by atoms with Crippen LogP contribution in [0.25, 0.3) is 0 Å². The van der Waals surface area contributed by atoms with E-state index in [2.05, 4.69) is 11.9 Å². The van der Waals surface area contributed by atoms with Crippen LogP contribution in [0.1, 0.15) is 46.5 Å². The van der Waals surface area contributed by atoms with Crippen LogP contribution in [0.3, 0.4) is 0 Å². The van der Waals surface area contributed by atoms with E-state index in [0.29, 0.717) is 0 Å². The van der Waals surface area contributed by atoms with Gasteiger partial charge >= 0.3 is 5.97 Å². The number of rotatable bonds is 7. The van der Waals surface area contributed by atoms with E-state index >= 15 is 0 Å². The number of allylic oxidation sites excluding steroid dienone is 1. The van der Waals surface area contributed by atoms with Crippen molar-refractivity contribution in [1.29, 1.82) is 0 Å². The number of carbonyl (C=O) groups is 1. The molecule has 0 aliphatic carbocycles. The standard InChI is InChI=1S/C12H19NO3/c1-4-5-6-7-8-11(13-9-14)12(15)16-10(2)3/h8,10H,4-7H2,1-3H3/b11-8-. The lowest BCUT2D eigenvalue weighted by atomic mass is 10.2. The monoisotopic (exact) mass is 225 g/mol. The minimum Gasteiger partial charge on any atom is -0.458 e. The fourth-order valence-electron chi connectivity index (χ4n) is 1.13. The van der Waals surface area contributed by atoms with Crippen molar-refractivity contribution in [3.05, 3.63) is 11.8 Å². The van der Waals surface area contributed by atoms with Gasteiger partial charge in [-0.05, 0) is 26.7 Å². The summed E-state index contributed by atoms with van der Waals surface area (Å²) in [5, 5.41) is 0. The summed E-state index contributed by atoms with van der Waals surface area (Å²) in [5.41, 5.74) is 0.0554. The normalized spacial score (nSPS) is 11.1. The molecule has 0 fully saturated rings. The van der Waals surface area contributed by atoms with Gasteiger partial charge in [0, 0.05) is 0 Å². The lowest BCUT2D eigenvalue weighted by molar-refractivity contribution is -0.142. The van der Waals surface area contributed by atoms with Crippen LogP contribution in [0.5, 0.6) is 0 Å². The highest BCUT2D eigenvalue weighted by atomic mass is 16.5. The van der Waals surface area contributed by atoms with E-state index in [0.717, 1.165) is 25.7 Å². The molecule has 0 bridgehead atoms. The molecule has 16 heavy (non-hydrogen) atoms. The van der Waals surface area contributed by atoms with E-state index in [1.165, 1.54) is 6.08 Å². The molecule has 0 saturated carbocycles. The molecule has 0 aromatic rings. The third-order valence-electron chi connectivity index (χ3n) is 1.86. The Bertz CT molecular complexity index is 289. The average Bonchev–Trinajstić information content (AvgIpc) is 2.21. The molecule has 4 heteroatoms. The first-order valence-electron chi connectivity index (χ1n) is 5.60. The van der Waals surface area contributed by atoms with E-state index in [9.17, 15) is 9.59 Å². The Morgan fingerprint density at radius 3 is 2.62 bits per heavy atom. The fourth-order valence-corrected chi connectivity index (χ4v) is 1.13. The van der Waals surface area contributed by atoms with Crippen molar-refractivity contribution in [2.45, 2.75) is 52.6 Å². The van der Waals surface area contributed by atoms with Gasteiger partial charge in [-0.2, -0.15) is 4.99 Å². The van der Waals surface area contributed by atoms with Gasteiger partial charge in [0.25, 0.3) is 0 Å². The van der Waals surface area contributed by atoms with Crippen molar-refractivity contribution in [3.63, 3.8) is 0 Å². The Hall–Kier alpha value is -1.41. The van der Waals surface area contributed by atoms with Crippen LogP contribution in [0, 0.1) is 0 Å². The Balaban J connectivity index is 4.35. The van der Waals surface area contributed by atoms with E-state index in [4.69, 9.17) is 4.74 Å². The smallest absolute Gasteiger partial charge is 0.357 e. The SMILES string of the molecule is CCCCC/C=C(\N=C=O)C(=O)OC(C)C. The molecule has 0 amide bonds. The van der Waals surface area contributed by atoms with E-state index in [-0.39, 0.29) is 11.8 Å². The molecule has 0 aliphatic heterocycles. The van der Waals surface area contributed by atoms with Crippen molar-refractivity contribution in [2.24, 2.45) is 4.99 Å². The first-order chi connectivity index (χ1) is 7.61. The number of carbonyl (C=O) groups excluding carboxylic acids is 2.